The van der Waals surface area contributed by atoms with Crippen LogP contribution in [0.4, 0.5) is 0 Å². The molecule has 0 amide bonds. The van der Waals surface area contributed by atoms with Crippen molar-refractivity contribution in [3.63, 3.8) is 0 Å². The van der Waals surface area contributed by atoms with Gasteiger partial charge in [-0.2, -0.15) is 0 Å². The molecule has 1 atom stereocenters. The van der Waals surface area contributed by atoms with Crippen LogP contribution in [0, 0.1) is 0 Å². The Bertz CT molecular complexity index is 1400. The molecule has 4 rings (SSSR count). The first kappa shape index (κ1) is 24.4. The molecule has 0 radical (unpaired) electrons. The highest BCUT2D eigenvalue weighted by Gasteiger charge is 2.19. The molecule has 0 bridgehead atoms. The molecule has 35 heavy (non-hydrogen) atoms. The van der Waals surface area contributed by atoms with E-state index in [2.05, 4.69) is 0 Å². The number of fused-ring (bicyclic) bond motifs is 1. The maximum atomic E-state index is 13.2. The number of rotatable bonds is 10. The average Bonchev–Trinajstić information content (AvgIpc) is 2.86. The van der Waals surface area contributed by atoms with Crippen molar-refractivity contribution in [2.24, 2.45) is 0 Å². The molecule has 4 aromatic carbocycles. The van der Waals surface area contributed by atoms with Crippen LogP contribution in [0.1, 0.15) is 18.1 Å². The van der Waals surface area contributed by atoms with Gasteiger partial charge in [0.15, 0.2) is 0 Å². The molecule has 0 aliphatic carbocycles. The number of hydrogen-bond acceptors (Lipinski definition) is 5. The predicted octanol–water partition coefficient (Wildman–Crippen LogP) is 5.20. The number of carbonyl (C=O) groups is 1. The van der Waals surface area contributed by atoms with Gasteiger partial charge in [-0.15, -0.1) is 0 Å². The van der Waals surface area contributed by atoms with Gasteiger partial charge in [0.25, 0.3) is 0 Å². The van der Waals surface area contributed by atoms with Gasteiger partial charge in [-0.3, -0.25) is 9.69 Å². The van der Waals surface area contributed by atoms with Gasteiger partial charge in [-0.25, -0.2) is 8.42 Å². The van der Waals surface area contributed by atoms with Crippen LogP contribution in [-0.4, -0.2) is 44.5 Å². The maximum Gasteiger partial charge on any atom is 0.317 e. The Kier molecular flexibility index (Phi) is 7.48. The summed E-state index contributed by atoms with van der Waals surface area (Å²) in [5.41, 5.74) is 0.962. The minimum Gasteiger partial charge on any atom is -0.486 e. The molecule has 6 nitrogen and oxygen atoms in total. The van der Waals surface area contributed by atoms with Gasteiger partial charge < -0.3 is 9.84 Å². The molecular weight excluding hydrogens is 462 g/mol. The van der Waals surface area contributed by atoms with Gasteiger partial charge in [0.1, 0.15) is 11.9 Å². The minimum absolute atomic E-state index is 0.0527. The lowest BCUT2D eigenvalue weighted by Gasteiger charge is -2.22. The monoisotopic (exact) mass is 489 g/mol. The Morgan fingerprint density at radius 3 is 2.17 bits per heavy atom. The molecule has 0 aromatic heterocycles. The van der Waals surface area contributed by atoms with Crippen molar-refractivity contribution < 1.29 is 23.1 Å². The highest BCUT2D eigenvalue weighted by molar-refractivity contribution is 7.91. The van der Waals surface area contributed by atoms with E-state index in [1.54, 1.807) is 48.3 Å². The Morgan fingerprint density at radius 2 is 1.49 bits per heavy atom. The first-order chi connectivity index (χ1) is 16.8. The largest absolute Gasteiger partial charge is 0.486 e. The van der Waals surface area contributed by atoms with Crippen LogP contribution < -0.4 is 4.74 Å². The molecule has 0 saturated heterocycles. The summed E-state index contributed by atoms with van der Waals surface area (Å²) in [6, 6.07) is 28.9. The van der Waals surface area contributed by atoms with Gasteiger partial charge in [0, 0.05) is 13.0 Å². The predicted molar refractivity (Wildman–Crippen MR) is 135 cm³/mol. The molecule has 0 fully saturated rings. The molecular formula is C28H27NO5S. The van der Waals surface area contributed by atoms with E-state index >= 15 is 0 Å². The zero-order valence-corrected chi connectivity index (χ0v) is 20.2. The molecule has 0 heterocycles. The summed E-state index contributed by atoms with van der Waals surface area (Å²) in [4.78, 5) is 13.1. The highest BCUT2D eigenvalue weighted by Crippen LogP contribution is 2.29. The number of carboxylic acid groups (broad SMARTS) is 1. The average molecular weight is 490 g/mol. The number of likely N-dealkylation sites (N-methyl/N-ethyl adjacent to an activating group) is 1. The second kappa shape index (κ2) is 10.7. The summed E-state index contributed by atoms with van der Waals surface area (Å²) >= 11 is 0. The summed E-state index contributed by atoms with van der Waals surface area (Å²) in [5, 5.41) is 10.9. The fourth-order valence-corrected chi connectivity index (χ4v) is 5.24. The fraction of sp³-hybridized carbons (Fsp3) is 0.179. The smallest absolute Gasteiger partial charge is 0.317 e. The summed E-state index contributed by atoms with van der Waals surface area (Å²) in [6.07, 6.45) is 0.265. The normalized spacial score (nSPS) is 12.5. The number of nitrogens with zero attached hydrogens (tertiary/aromatic N) is 1. The van der Waals surface area contributed by atoms with Gasteiger partial charge in [-0.1, -0.05) is 60.7 Å². The van der Waals surface area contributed by atoms with Gasteiger partial charge in [0.2, 0.25) is 9.84 Å². The van der Waals surface area contributed by atoms with Crippen molar-refractivity contribution >= 4 is 26.6 Å². The lowest BCUT2D eigenvalue weighted by molar-refractivity contribution is -0.138. The summed E-state index contributed by atoms with van der Waals surface area (Å²) in [5.74, 6) is -0.343. The summed E-state index contributed by atoms with van der Waals surface area (Å²) < 4.78 is 32.6. The van der Waals surface area contributed by atoms with Crippen LogP contribution in [0.2, 0.25) is 0 Å². The highest BCUT2D eigenvalue weighted by atomic mass is 32.2. The van der Waals surface area contributed by atoms with Crippen molar-refractivity contribution in [3.8, 4) is 5.75 Å². The standard InChI is InChI=1S/C28H27NO5S/c1-29(20-28(30)31)18-17-27(22-8-3-2-4-9-22)34-24-12-15-25(16-13-24)35(32,33)26-14-11-21-7-5-6-10-23(21)19-26/h2-16,19,27H,17-18,20H2,1H3,(H,30,31). The van der Waals surface area contributed by atoms with Crippen LogP contribution in [0.3, 0.4) is 0 Å². The molecule has 4 aromatic rings. The van der Waals surface area contributed by atoms with Crippen LogP contribution in [0.25, 0.3) is 10.8 Å². The molecule has 0 spiro atoms. The van der Waals surface area contributed by atoms with E-state index < -0.39 is 15.8 Å². The zero-order chi connectivity index (χ0) is 24.8. The Morgan fingerprint density at radius 1 is 0.857 bits per heavy atom. The van der Waals surface area contributed by atoms with Crippen LogP contribution in [0.5, 0.6) is 5.75 Å². The van der Waals surface area contributed by atoms with E-state index in [9.17, 15) is 13.2 Å². The number of ether oxygens (including phenoxy) is 1. The lowest BCUT2D eigenvalue weighted by atomic mass is 10.1. The number of aliphatic carboxylic acids is 1. The molecule has 1 unspecified atom stereocenters. The van der Waals surface area contributed by atoms with Crippen LogP contribution in [-0.2, 0) is 14.6 Å². The topological polar surface area (TPSA) is 83.9 Å². The van der Waals surface area contributed by atoms with Crippen molar-refractivity contribution in [2.45, 2.75) is 22.3 Å². The maximum absolute atomic E-state index is 13.2. The SMILES string of the molecule is CN(CCC(Oc1ccc(S(=O)(=O)c2ccc3ccccc3c2)cc1)c1ccccc1)CC(=O)O. The van der Waals surface area contributed by atoms with Gasteiger partial charge in [0.05, 0.1) is 16.3 Å². The quantitative estimate of drug-likeness (QED) is 0.330. The first-order valence-corrected chi connectivity index (χ1v) is 12.8. The van der Waals surface area contributed by atoms with Crippen LogP contribution in [0.15, 0.2) is 107 Å². The number of hydrogen-bond donors (Lipinski definition) is 1. The minimum atomic E-state index is -3.68. The van der Waals surface area contributed by atoms with E-state index in [4.69, 9.17) is 9.84 Å². The fourth-order valence-electron chi connectivity index (χ4n) is 3.94. The third kappa shape index (κ3) is 6.07. The Balaban J connectivity index is 1.53. The van der Waals surface area contributed by atoms with E-state index in [1.807, 2.05) is 60.7 Å². The van der Waals surface area contributed by atoms with E-state index in [0.29, 0.717) is 18.7 Å². The van der Waals surface area contributed by atoms with Gasteiger partial charge >= 0.3 is 5.97 Å². The zero-order valence-electron chi connectivity index (χ0n) is 19.4. The molecule has 180 valence electrons. The van der Waals surface area contributed by atoms with E-state index in [0.717, 1.165) is 16.3 Å². The molecule has 1 N–H and O–H groups in total. The number of benzene rings is 4. The second-order valence-corrected chi connectivity index (χ2v) is 10.4. The molecule has 0 aliphatic rings. The van der Waals surface area contributed by atoms with Crippen molar-refractivity contribution in [1.29, 1.82) is 0 Å². The Labute approximate surface area is 205 Å². The lowest BCUT2D eigenvalue weighted by Crippen LogP contribution is -2.28. The third-order valence-corrected chi connectivity index (χ3v) is 7.56. The first-order valence-electron chi connectivity index (χ1n) is 11.3. The summed E-state index contributed by atoms with van der Waals surface area (Å²) in [6.45, 7) is 0.475. The molecule has 7 heteroatoms. The van der Waals surface area contributed by atoms with E-state index in [1.165, 1.54) is 0 Å². The number of sulfone groups is 1. The van der Waals surface area contributed by atoms with Gasteiger partial charge in [-0.05, 0) is 59.8 Å². The second-order valence-electron chi connectivity index (χ2n) is 8.42. The van der Waals surface area contributed by atoms with Crippen molar-refractivity contribution in [1.82, 2.24) is 4.90 Å². The van der Waals surface area contributed by atoms with Crippen molar-refractivity contribution in [2.75, 3.05) is 20.1 Å². The Hall–Kier alpha value is -3.68. The molecule has 0 saturated carbocycles. The van der Waals surface area contributed by atoms with Crippen LogP contribution >= 0.6 is 0 Å². The summed E-state index contributed by atoms with van der Waals surface area (Å²) in [7, 11) is -1.93. The van der Waals surface area contributed by atoms with E-state index in [-0.39, 0.29) is 22.4 Å². The molecule has 0 aliphatic heterocycles. The third-order valence-electron chi connectivity index (χ3n) is 5.79. The number of carboxylic acids is 1. The van der Waals surface area contributed by atoms with Crippen molar-refractivity contribution in [3.05, 3.63) is 103 Å².